The molecule has 1 aliphatic heterocycles. The molecule has 0 spiro atoms. The van der Waals surface area contributed by atoms with Crippen molar-refractivity contribution < 1.29 is 14.3 Å². The monoisotopic (exact) mass is 265 g/mol. The summed E-state index contributed by atoms with van der Waals surface area (Å²) in [6, 6.07) is 1.60. The van der Waals surface area contributed by atoms with E-state index in [1.165, 1.54) is 6.20 Å². The molecule has 1 aromatic heterocycles. The van der Waals surface area contributed by atoms with Crippen LogP contribution in [0.5, 0.6) is 0 Å². The number of ether oxygens (including phenoxy) is 2. The first-order chi connectivity index (χ1) is 9.16. The van der Waals surface area contributed by atoms with E-state index in [4.69, 9.17) is 15.2 Å². The first kappa shape index (κ1) is 13.8. The molecule has 0 unspecified atom stereocenters. The number of nitrogens with two attached hydrogens (primary N) is 1. The number of aromatic nitrogens is 1. The highest BCUT2D eigenvalue weighted by molar-refractivity contribution is 5.91. The number of hydrogen-bond acceptors (Lipinski definition) is 6. The topological polar surface area (TPSA) is 77.7 Å². The average molecular weight is 265 g/mol. The Labute approximate surface area is 112 Å². The second kappa shape index (κ2) is 6.49. The molecular formula is C13H19N3O3. The van der Waals surface area contributed by atoms with Crippen molar-refractivity contribution in [3.8, 4) is 0 Å². The molecule has 0 saturated carbocycles. The van der Waals surface area contributed by atoms with E-state index in [1.807, 2.05) is 0 Å². The maximum Gasteiger partial charge on any atom is 0.340 e. The fraction of sp³-hybridized carbons (Fsp3) is 0.538. The number of anilines is 1. The third-order valence-corrected chi connectivity index (χ3v) is 3.07. The Morgan fingerprint density at radius 2 is 2.26 bits per heavy atom. The zero-order chi connectivity index (χ0) is 13.7. The van der Waals surface area contributed by atoms with Gasteiger partial charge in [-0.3, -0.25) is 9.88 Å². The minimum Gasteiger partial charge on any atom is -0.461 e. The fourth-order valence-corrected chi connectivity index (χ4v) is 1.93. The molecule has 19 heavy (non-hydrogen) atoms. The first-order valence-electron chi connectivity index (χ1n) is 6.36. The molecule has 6 nitrogen and oxygen atoms in total. The Morgan fingerprint density at radius 3 is 3.00 bits per heavy atom. The fourth-order valence-electron chi connectivity index (χ4n) is 1.93. The van der Waals surface area contributed by atoms with Gasteiger partial charge in [-0.05, 0) is 13.0 Å². The van der Waals surface area contributed by atoms with Crippen molar-refractivity contribution in [3.05, 3.63) is 23.5 Å². The Balaban J connectivity index is 1.82. The molecule has 104 valence electrons. The molecule has 0 amide bonds. The summed E-state index contributed by atoms with van der Waals surface area (Å²) in [7, 11) is 0. The Bertz CT molecular complexity index is 445. The van der Waals surface area contributed by atoms with Gasteiger partial charge in [0.1, 0.15) is 6.61 Å². The largest absolute Gasteiger partial charge is 0.461 e. The number of nitrogens with zero attached hydrogens (tertiary/aromatic N) is 2. The minimum absolute atomic E-state index is 0.368. The van der Waals surface area contributed by atoms with Crippen molar-refractivity contribution in [2.24, 2.45) is 0 Å². The number of carbonyl (C=O) groups is 1. The highest BCUT2D eigenvalue weighted by Gasteiger charge is 2.14. The normalized spacial score (nSPS) is 16.3. The number of morpholine rings is 1. The first-order valence-corrected chi connectivity index (χ1v) is 6.36. The predicted octanol–water partition coefficient (Wildman–Crippen LogP) is 0.461. The second-order valence-electron chi connectivity index (χ2n) is 4.49. The smallest absolute Gasteiger partial charge is 0.340 e. The van der Waals surface area contributed by atoms with Gasteiger partial charge in [-0.25, -0.2) is 4.79 Å². The van der Waals surface area contributed by atoms with Crippen molar-refractivity contribution in [2.45, 2.75) is 6.92 Å². The van der Waals surface area contributed by atoms with Crippen LogP contribution < -0.4 is 5.73 Å². The lowest BCUT2D eigenvalue weighted by molar-refractivity contribution is 0.0195. The van der Waals surface area contributed by atoms with E-state index in [2.05, 4.69) is 9.88 Å². The molecular weight excluding hydrogens is 246 g/mol. The molecule has 2 N–H and O–H groups in total. The molecule has 1 aliphatic rings. The molecule has 2 heterocycles. The number of pyridine rings is 1. The van der Waals surface area contributed by atoms with Crippen LogP contribution in [0.25, 0.3) is 0 Å². The van der Waals surface area contributed by atoms with Crippen molar-refractivity contribution in [3.63, 3.8) is 0 Å². The number of esters is 1. The maximum atomic E-state index is 11.9. The molecule has 0 atom stereocenters. The molecule has 2 rings (SSSR count). The number of nitrogen functional groups attached to an aromatic ring is 1. The zero-order valence-corrected chi connectivity index (χ0v) is 11.1. The molecule has 1 aromatic rings. The summed E-state index contributed by atoms with van der Waals surface area (Å²) in [5.41, 5.74) is 7.14. The van der Waals surface area contributed by atoms with Gasteiger partial charge >= 0.3 is 5.97 Å². The summed E-state index contributed by atoms with van der Waals surface area (Å²) in [6.45, 7) is 6.11. The zero-order valence-electron chi connectivity index (χ0n) is 11.1. The van der Waals surface area contributed by atoms with Crippen LogP contribution in [-0.2, 0) is 9.47 Å². The van der Waals surface area contributed by atoms with Gasteiger partial charge in [0.2, 0.25) is 0 Å². The third-order valence-electron chi connectivity index (χ3n) is 3.07. The molecule has 0 aliphatic carbocycles. The van der Waals surface area contributed by atoms with Crippen LogP contribution in [0.4, 0.5) is 5.69 Å². The lowest BCUT2D eigenvalue weighted by atomic mass is 10.2. The van der Waals surface area contributed by atoms with Crippen LogP contribution in [0, 0.1) is 6.92 Å². The average Bonchev–Trinajstić information content (AvgIpc) is 2.42. The Hall–Kier alpha value is -1.66. The molecule has 0 bridgehead atoms. The molecule has 1 saturated heterocycles. The highest BCUT2D eigenvalue weighted by atomic mass is 16.5. The standard InChI is InChI=1S/C13H19N3O3/c1-10-12(8-11(14)9-15-10)13(17)19-7-4-16-2-5-18-6-3-16/h8-9H,2-7,14H2,1H3. The van der Waals surface area contributed by atoms with Crippen LogP contribution in [0.2, 0.25) is 0 Å². The van der Waals surface area contributed by atoms with Gasteiger partial charge in [0.15, 0.2) is 0 Å². The van der Waals surface area contributed by atoms with E-state index in [0.29, 0.717) is 23.6 Å². The van der Waals surface area contributed by atoms with Crippen LogP contribution in [0.3, 0.4) is 0 Å². The van der Waals surface area contributed by atoms with E-state index in [-0.39, 0.29) is 5.97 Å². The summed E-state index contributed by atoms with van der Waals surface area (Å²) in [4.78, 5) is 18.2. The van der Waals surface area contributed by atoms with Crippen LogP contribution in [0.15, 0.2) is 12.3 Å². The van der Waals surface area contributed by atoms with E-state index < -0.39 is 0 Å². The van der Waals surface area contributed by atoms with Crippen LogP contribution in [0.1, 0.15) is 16.1 Å². The summed E-state index contributed by atoms with van der Waals surface area (Å²) < 4.78 is 10.5. The number of aryl methyl sites for hydroxylation is 1. The van der Waals surface area contributed by atoms with E-state index in [1.54, 1.807) is 13.0 Å². The van der Waals surface area contributed by atoms with Gasteiger partial charge < -0.3 is 15.2 Å². The molecule has 1 fully saturated rings. The van der Waals surface area contributed by atoms with Gasteiger partial charge in [0.05, 0.1) is 36.4 Å². The number of carbonyl (C=O) groups excluding carboxylic acids is 1. The Kier molecular flexibility index (Phi) is 4.70. The molecule has 0 aromatic carbocycles. The summed E-state index contributed by atoms with van der Waals surface area (Å²) in [5, 5.41) is 0. The van der Waals surface area contributed by atoms with Gasteiger partial charge in [-0.15, -0.1) is 0 Å². The van der Waals surface area contributed by atoms with Gasteiger partial charge in [-0.1, -0.05) is 0 Å². The van der Waals surface area contributed by atoms with E-state index >= 15 is 0 Å². The van der Waals surface area contributed by atoms with Crippen molar-refractivity contribution >= 4 is 11.7 Å². The number of rotatable bonds is 4. The molecule has 6 heteroatoms. The SMILES string of the molecule is Cc1ncc(N)cc1C(=O)OCCN1CCOCC1. The van der Waals surface area contributed by atoms with Crippen LogP contribution >= 0.6 is 0 Å². The quantitative estimate of drug-likeness (QED) is 0.797. The minimum atomic E-state index is -0.370. The van der Waals surface area contributed by atoms with E-state index in [0.717, 1.165) is 32.8 Å². The van der Waals surface area contributed by atoms with Gasteiger partial charge in [0.25, 0.3) is 0 Å². The van der Waals surface area contributed by atoms with E-state index in [9.17, 15) is 4.79 Å². The summed E-state index contributed by atoms with van der Waals surface area (Å²) >= 11 is 0. The lowest BCUT2D eigenvalue weighted by Gasteiger charge is -2.26. The Morgan fingerprint density at radius 1 is 1.53 bits per heavy atom. The third kappa shape index (κ3) is 3.90. The summed E-state index contributed by atoms with van der Waals surface area (Å²) in [6.07, 6.45) is 1.53. The van der Waals surface area contributed by atoms with Crippen molar-refractivity contribution in [2.75, 3.05) is 45.2 Å². The molecule has 0 radical (unpaired) electrons. The number of hydrogen-bond donors (Lipinski definition) is 1. The predicted molar refractivity (Wildman–Crippen MR) is 70.9 cm³/mol. The lowest BCUT2D eigenvalue weighted by Crippen LogP contribution is -2.38. The second-order valence-corrected chi connectivity index (χ2v) is 4.49. The van der Waals surface area contributed by atoms with Gasteiger partial charge in [0, 0.05) is 19.6 Å². The van der Waals surface area contributed by atoms with Crippen molar-refractivity contribution in [1.29, 1.82) is 0 Å². The summed E-state index contributed by atoms with van der Waals surface area (Å²) in [5.74, 6) is -0.370. The highest BCUT2D eigenvalue weighted by Crippen LogP contribution is 2.11. The van der Waals surface area contributed by atoms with Crippen molar-refractivity contribution in [1.82, 2.24) is 9.88 Å². The maximum absolute atomic E-state index is 11.9. The van der Waals surface area contributed by atoms with Gasteiger partial charge in [-0.2, -0.15) is 0 Å². The van der Waals surface area contributed by atoms with Crippen LogP contribution in [-0.4, -0.2) is 55.3 Å².